The topological polar surface area (TPSA) is 92.5 Å². The minimum absolute atomic E-state index is 0.0536. The fourth-order valence-corrected chi connectivity index (χ4v) is 1.46. The van der Waals surface area contributed by atoms with Gasteiger partial charge in [-0.3, -0.25) is 14.9 Å². The zero-order valence-corrected chi connectivity index (χ0v) is 9.72. The molecule has 2 N–H and O–H groups in total. The second-order valence-electron chi connectivity index (χ2n) is 3.90. The molecule has 0 fully saturated rings. The maximum Gasteiger partial charge on any atom is 0.303 e. The Bertz CT molecular complexity index is 464. The van der Waals surface area contributed by atoms with E-state index in [2.05, 4.69) is 5.32 Å². The molecule has 98 valence electrons. The monoisotopic (exact) mass is 256 g/mol. The predicted octanol–water partition coefficient (Wildman–Crippen LogP) is 2.40. The molecule has 1 rings (SSSR count). The molecule has 0 saturated heterocycles. The maximum absolute atomic E-state index is 13.0. The van der Waals surface area contributed by atoms with Crippen LogP contribution in [-0.2, 0) is 4.79 Å². The highest BCUT2D eigenvalue weighted by Gasteiger charge is 2.16. The molecule has 0 aromatic heterocycles. The Morgan fingerprint density at radius 2 is 2.28 bits per heavy atom. The number of hydrogen-bond donors (Lipinski definition) is 2. The normalized spacial score (nSPS) is 11.9. The van der Waals surface area contributed by atoms with Gasteiger partial charge in [-0.25, -0.2) is 4.39 Å². The van der Waals surface area contributed by atoms with E-state index in [9.17, 15) is 19.3 Å². The van der Waals surface area contributed by atoms with Crippen LogP contribution < -0.4 is 5.32 Å². The first-order valence-corrected chi connectivity index (χ1v) is 5.32. The van der Waals surface area contributed by atoms with Crippen molar-refractivity contribution >= 4 is 17.3 Å². The number of carboxylic acids is 1. The first-order chi connectivity index (χ1) is 8.40. The molecule has 1 unspecified atom stereocenters. The first-order valence-electron chi connectivity index (χ1n) is 5.32. The number of nitro benzene ring substituents is 1. The smallest absolute Gasteiger partial charge is 0.303 e. The van der Waals surface area contributed by atoms with Crippen molar-refractivity contribution in [1.29, 1.82) is 0 Å². The average molecular weight is 256 g/mol. The minimum Gasteiger partial charge on any atom is -0.481 e. The third-order valence-corrected chi connectivity index (χ3v) is 2.35. The lowest BCUT2D eigenvalue weighted by atomic mass is 10.1. The van der Waals surface area contributed by atoms with E-state index in [4.69, 9.17) is 5.11 Å². The lowest BCUT2D eigenvalue weighted by Gasteiger charge is -2.14. The Kier molecular flexibility index (Phi) is 4.59. The van der Waals surface area contributed by atoms with Crippen molar-refractivity contribution in [3.63, 3.8) is 0 Å². The molecule has 1 aromatic carbocycles. The molecule has 0 heterocycles. The molecular formula is C11H13FN2O4. The lowest BCUT2D eigenvalue weighted by Crippen LogP contribution is -2.17. The molecule has 18 heavy (non-hydrogen) atoms. The number of nitrogens with one attached hydrogen (secondary N) is 1. The molecule has 0 saturated carbocycles. The summed E-state index contributed by atoms with van der Waals surface area (Å²) in [7, 11) is 0. The average Bonchev–Trinajstić information content (AvgIpc) is 2.26. The third-order valence-electron chi connectivity index (χ3n) is 2.35. The van der Waals surface area contributed by atoms with Crippen LogP contribution in [0.5, 0.6) is 0 Å². The highest BCUT2D eigenvalue weighted by molar-refractivity contribution is 5.67. The van der Waals surface area contributed by atoms with Gasteiger partial charge in [0.1, 0.15) is 11.5 Å². The Morgan fingerprint density at radius 1 is 1.61 bits per heavy atom. The van der Waals surface area contributed by atoms with Crippen LogP contribution in [-0.4, -0.2) is 22.0 Å². The molecule has 0 radical (unpaired) electrons. The van der Waals surface area contributed by atoms with E-state index in [0.717, 1.165) is 18.2 Å². The van der Waals surface area contributed by atoms with Gasteiger partial charge in [0.25, 0.3) is 5.69 Å². The van der Waals surface area contributed by atoms with Crippen LogP contribution in [0.1, 0.15) is 19.8 Å². The van der Waals surface area contributed by atoms with Crippen LogP contribution in [0.3, 0.4) is 0 Å². The highest BCUT2D eigenvalue weighted by atomic mass is 19.1. The number of hydrogen-bond acceptors (Lipinski definition) is 4. The van der Waals surface area contributed by atoms with Gasteiger partial charge in [0.15, 0.2) is 0 Å². The number of nitro groups is 1. The Morgan fingerprint density at radius 3 is 2.83 bits per heavy atom. The number of nitrogens with zero attached hydrogens (tertiary/aromatic N) is 1. The van der Waals surface area contributed by atoms with E-state index < -0.39 is 16.7 Å². The summed E-state index contributed by atoms with van der Waals surface area (Å²) in [5.41, 5.74) is -0.184. The van der Waals surface area contributed by atoms with Crippen molar-refractivity contribution in [1.82, 2.24) is 0 Å². The number of carboxylic acid groups (broad SMARTS) is 1. The van der Waals surface area contributed by atoms with Gasteiger partial charge >= 0.3 is 5.97 Å². The van der Waals surface area contributed by atoms with Gasteiger partial charge in [0, 0.05) is 24.6 Å². The molecule has 0 aliphatic carbocycles. The standard InChI is InChI=1S/C11H13FN2O4/c1-7(2-5-11(15)16)13-9-6-8(12)3-4-10(9)14(17)18/h3-4,6-7,13H,2,5H2,1H3,(H,15,16). The van der Waals surface area contributed by atoms with Gasteiger partial charge in [0.05, 0.1) is 4.92 Å². The summed E-state index contributed by atoms with van der Waals surface area (Å²) in [6.45, 7) is 1.68. The van der Waals surface area contributed by atoms with Crippen LogP contribution >= 0.6 is 0 Å². The number of aliphatic carboxylic acids is 1. The van der Waals surface area contributed by atoms with Gasteiger partial charge in [0.2, 0.25) is 0 Å². The molecule has 6 nitrogen and oxygen atoms in total. The number of rotatable bonds is 6. The Labute approximate surface area is 103 Å². The maximum atomic E-state index is 13.0. The van der Waals surface area contributed by atoms with Crippen molar-refractivity contribution in [2.45, 2.75) is 25.8 Å². The van der Waals surface area contributed by atoms with Crippen LogP contribution in [0.25, 0.3) is 0 Å². The zero-order chi connectivity index (χ0) is 13.7. The Hall–Kier alpha value is -2.18. The molecule has 0 spiro atoms. The van der Waals surface area contributed by atoms with Crippen molar-refractivity contribution < 1.29 is 19.2 Å². The van der Waals surface area contributed by atoms with E-state index in [1.165, 1.54) is 0 Å². The molecule has 1 aromatic rings. The van der Waals surface area contributed by atoms with Gasteiger partial charge in [-0.1, -0.05) is 0 Å². The number of carbonyl (C=O) groups is 1. The van der Waals surface area contributed by atoms with Gasteiger partial charge in [-0.15, -0.1) is 0 Å². The fraction of sp³-hybridized carbons (Fsp3) is 0.364. The van der Waals surface area contributed by atoms with Gasteiger partial charge < -0.3 is 10.4 Å². The lowest BCUT2D eigenvalue weighted by molar-refractivity contribution is -0.384. The summed E-state index contributed by atoms with van der Waals surface area (Å²) in [4.78, 5) is 20.5. The number of anilines is 1. The summed E-state index contributed by atoms with van der Waals surface area (Å²) in [6.07, 6.45) is 0.236. The van der Waals surface area contributed by atoms with E-state index in [1.807, 2.05) is 0 Å². The summed E-state index contributed by atoms with van der Waals surface area (Å²) < 4.78 is 13.0. The van der Waals surface area contributed by atoms with Crippen molar-refractivity contribution in [3.8, 4) is 0 Å². The van der Waals surface area contributed by atoms with Crippen molar-refractivity contribution in [2.75, 3.05) is 5.32 Å². The van der Waals surface area contributed by atoms with E-state index >= 15 is 0 Å². The van der Waals surface area contributed by atoms with Crippen LogP contribution in [0.4, 0.5) is 15.8 Å². The molecule has 7 heteroatoms. The van der Waals surface area contributed by atoms with Crippen molar-refractivity contribution in [2.24, 2.45) is 0 Å². The second-order valence-corrected chi connectivity index (χ2v) is 3.90. The summed E-state index contributed by atoms with van der Waals surface area (Å²) in [6, 6.07) is 2.80. The first kappa shape index (κ1) is 13.9. The van der Waals surface area contributed by atoms with E-state index in [1.54, 1.807) is 6.92 Å². The summed E-state index contributed by atoms with van der Waals surface area (Å²) in [5, 5.41) is 22.0. The molecule has 0 amide bonds. The SMILES string of the molecule is CC(CCC(=O)O)Nc1cc(F)ccc1[N+](=O)[O-]. The zero-order valence-electron chi connectivity index (χ0n) is 9.72. The quantitative estimate of drug-likeness (QED) is 0.602. The molecule has 0 aliphatic rings. The molecule has 0 aliphatic heterocycles. The molecular weight excluding hydrogens is 243 g/mol. The van der Waals surface area contributed by atoms with Crippen LogP contribution in [0.2, 0.25) is 0 Å². The summed E-state index contributed by atoms with van der Waals surface area (Å²) >= 11 is 0. The molecule has 0 bridgehead atoms. The predicted molar refractivity (Wildman–Crippen MR) is 63.0 cm³/mol. The van der Waals surface area contributed by atoms with Crippen LogP contribution in [0, 0.1) is 15.9 Å². The fourth-order valence-electron chi connectivity index (χ4n) is 1.46. The number of halogens is 1. The second kappa shape index (κ2) is 5.95. The third kappa shape index (κ3) is 4.00. The summed E-state index contributed by atoms with van der Waals surface area (Å²) in [5.74, 6) is -1.54. The van der Waals surface area contributed by atoms with Gasteiger partial charge in [-0.05, 0) is 19.4 Å². The number of benzene rings is 1. The van der Waals surface area contributed by atoms with Crippen molar-refractivity contribution in [3.05, 3.63) is 34.1 Å². The minimum atomic E-state index is -0.947. The van der Waals surface area contributed by atoms with Gasteiger partial charge in [-0.2, -0.15) is 0 Å². The van der Waals surface area contributed by atoms with E-state index in [-0.39, 0.29) is 23.8 Å². The van der Waals surface area contributed by atoms with Crippen LogP contribution in [0.15, 0.2) is 18.2 Å². The highest BCUT2D eigenvalue weighted by Crippen LogP contribution is 2.26. The molecule has 1 atom stereocenters. The largest absolute Gasteiger partial charge is 0.481 e. The van der Waals surface area contributed by atoms with E-state index in [0.29, 0.717) is 6.42 Å². The Balaban J connectivity index is 2.79.